The molecule has 0 saturated heterocycles. The first kappa shape index (κ1) is 10.7. The fourth-order valence-corrected chi connectivity index (χ4v) is 2.29. The molecule has 1 aliphatic rings. The van der Waals surface area contributed by atoms with Crippen LogP contribution in [0.5, 0.6) is 0 Å². The smallest absolute Gasteiger partial charge is 0.0917 e. The zero-order valence-electron chi connectivity index (χ0n) is 9.40. The molecule has 2 rings (SSSR count). The molecule has 1 aromatic carbocycles. The highest BCUT2D eigenvalue weighted by molar-refractivity contribution is 5.34. The van der Waals surface area contributed by atoms with E-state index in [9.17, 15) is 5.11 Å². The summed E-state index contributed by atoms with van der Waals surface area (Å²) in [6.07, 6.45) is 0.786. The van der Waals surface area contributed by atoms with Crippen molar-refractivity contribution in [3.8, 4) is 0 Å². The lowest BCUT2D eigenvalue weighted by Gasteiger charge is -2.31. The zero-order valence-corrected chi connectivity index (χ0v) is 9.40. The van der Waals surface area contributed by atoms with Gasteiger partial charge in [-0.05, 0) is 23.5 Å². The van der Waals surface area contributed by atoms with Crippen LogP contribution in [-0.2, 0) is 0 Å². The van der Waals surface area contributed by atoms with Gasteiger partial charge >= 0.3 is 0 Å². The summed E-state index contributed by atoms with van der Waals surface area (Å²) in [5.41, 5.74) is 2.37. The molecule has 0 aromatic heterocycles. The van der Waals surface area contributed by atoms with E-state index in [1.807, 2.05) is 18.2 Å². The van der Waals surface area contributed by atoms with Gasteiger partial charge < -0.3 is 10.4 Å². The number of hydrogen-bond donors (Lipinski definition) is 2. The van der Waals surface area contributed by atoms with Gasteiger partial charge in [0.25, 0.3) is 0 Å². The Labute approximate surface area is 91.3 Å². The lowest BCUT2D eigenvalue weighted by molar-refractivity contribution is 0.153. The van der Waals surface area contributed by atoms with Crippen LogP contribution in [0.25, 0.3) is 0 Å². The predicted octanol–water partition coefficient (Wildman–Crippen LogP) is 2.41. The second-order valence-corrected chi connectivity index (χ2v) is 4.74. The molecule has 2 N–H and O–H groups in total. The normalized spacial score (nSPS) is 25.3. The van der Waals surface area contributed by atoms with E-state index in [0.29, 0.717) is 18.5 Å². The van der Waals surface area contributed by atoms with Crippen LogP contribution in [0.15, 0.2) is 24.3 Å². The van der Waals surface area contributed by atoms with Crippen LogP contribution < -0.4 is 5.32 Å². The van der Waals surface area contributed by atoms with E-state index in [2.05, 4.69) is 25.2 Å². The highest BCUT2D eigenvalue weighted by Crippen LogP contribution is 2.31. The topological polar surface area (TPSA) is 32.3 Å². The summed E-state index contributed by atoms with van der Waals surface area (Å²) < 4.78 is 0. The molecule has 0 radical (unpaired) electrons. The van der Waals surface area contributed by atoms with Crippen molar-refractivity contribution in [1.82, 2.24) is 5.32 Å². The highest BCUT2D eigenvalue weighted by atomic mass is 16.3. The lowest BCUT2D eigenvalue weighted by Crippen LogP contribution is -2.33. The lowest BCUT2D eigenvalue weighted by atomic mass is 9.88. The molecule has 82 valence electrons. The van der Waals surface area contributed by atoms with E-state index in [1.54, 1.807) is 0 Å². The number of β-amino-alcohol motifs (C(OH)–C–C–N with tert-alkyl or cyclic N) is 1. The predicted molar refractivity (Wildman–Crippen MR) is 61.6 cm³/mol. The Morgan fingerprint density at radius 3 is 2.67 bits per heavy atom. The molecular weight excluding hydrogens is 186 g/mol. The number of aliphatic hydroxyl groups is 1. The molecule has 0 saturated carbocycles. The molecule has 1 aromatic rings. The van der Waals surface area contributed by atoms with Gasteiger partial charge in [-0.1, -0.05) is 38.1 Å². The largest absolute Gasteiger partial charge is 0.387 e. The summed E-state index contributed by atoms with van der Waals surface area (Å²) in [6.45, 7) is 5.14. The third-order valence-corrected chi connectivity index (χ3v) is 3.00. The fraction of sp³-hybridized carbons (Fsp3) is 0.538. The first-order valence-electron chi connectivity index (χ1n) is 5.68. The van der Waals surface area contributed by atoms with Gasteiger partial charge in [-0.25, -0.2) is 0 Å². The van der Waals surface area contributed by atoms with E-state index < -0.39 is 0 Å². The van der Waals surface area contributed by atoms with Gasteiger partial charge in [0.2, 0.25) is 0 Å². The van der Waals surface area contributed by atoms with Gasteiger partial charge in [-0.3, -0.25) is 0 Å². The first-order chi connectivity index (χ1) is 7.18. The number of benzene rings is 1. The minimum atomic E-state index is -0.343. The molecule has 1 heterocycles. The monoisotopic (exact) mass is 205 g/mol. The Bertz CT molecular complexity index is 335. The molecule has 2 atom stereocenters. The van der Waals surface area contributed by atoms with E-state index in [4.69, 9.17) is 0 Å². The summed E-state index contributed by atoms with van der Waals surface area (Å²) in [5, 5.41) is 13.3. The third kappa shape index (κ3) is 2.21. The average Bonchev–Trinajstić information content (AvgIpc) is 2.22. The maximum atomic E-state index is 9.85. The Morgan fingerprint density at radius 2 is 2.00 bits per heavy atom. The first-order valence-corrected chi connectivity index (χ1v) is 5.68. The molecule has 0 aliphatic carbocycles. The van der Waals surface area contributed by atoms with Crippen molar-refractivity contribution in [1.29, 1.82) is 0 Å². The van der Waals surface area contributed by atoms with Crippen molar-refractivity contribution in [2.45, 2.75) is 32.4 Å². The summed E-state index contributed by atoms with van der Waals surface area (Å²) in [7, 11) is 0. The molecular formula is C13H19NO. The number of rotatable bonds is 2. The maximum Gasteiger partial charge on any atom is 0.0917 e. The molecule has 0 fully saturated rings. The Morgan fingerprint density at radius 1 is 1.33 bits per heavy atom. The second kappa shape index (κ2) is 4.33. The van der Waals surface area contributed by atoms with Crippen molar-refractivity contribution < 1.29 is 5.11 Å². The molecule has 2 unspecified atom stereocenters. The van der Waals surface area contributed by atoms with E-state index in [-0.39, 0.29) is 6.10 Å². The number of nitrogens with one attached hydrogen (secondary N) is 1. The van der Waals surface area contributed by atoms with Crippen molar-refractivity contribution in [2.24, 2.45) is 5.92 Å². The van der Waals surface area contributed by atoms with Crippen molar-refractivity contribution >= 4 is 0 Å². The Balaban J connectivity index is 2.28. The number of hydrogen-bond acceptors (Lipinski definition) is 2. The summed E-state index contributed by atoms with van der Waals surface area (Å²) in [4.78, 5) is 0. The molecule has 0 spiro atoms. The minimum Gasteiger partial charge on any atom is -0.387 e. The molecule has 0 amide bonds. The van der Waals surface area contributed by atoms with Crippen LogP contribution in [0.3, 0.4) is 0 Å². The van der Waals surface area contributed by atoms with Crippen LogP contribution in [0.1, 0.15) is 43.5 Å². The standard InChI is InChI=1S/C13H19NO/c1-9(2)7-12-10-5-3-4-6-11(10)13(15)8-14-12/h3-6,9,12-15H,7-8H2,1-2H3. The van der Waals surface area contributed by atoms with E-state index in [1.165, 1.54) is 5.56 Å². The quantitative estimate of drug-likeness (QED) is 0.777. The van der Waals surface area contributed by atoms with Gasteiger partial charge in [0, 0.05) is 12.6 Å². The van der Waals surface area contributed by atoms with Gasteiger partial charge in [0.05, 0.1) is 6.10 Å². The minimum absolute atomic E-state index is 0.343. The van der Waals surface area contributed by atoms with Crippen LogP contribution in [0.4, 0.5) is 0 Å². The van der Waals surface area contributed by atoms with Crippen LogP contribution in [0, 0.1) is 5.92 Å². The SMILES string of the molecule is CC(C)CC1NCC(O)c2ccccc21. The van der Waals surface area contributed by atoms with E-state index in [0.717, 1.165) is 12.0 Å². The van der Waals surface area contributed by atoms with Gasteiger partial charge in [-0.2, -0.15) is 0 Å². The molecule has 1 aliphatic heterocycles. The van der Waals surface area contributed by atoms with Crippen LogP contribution in [0.2, 0.25) is 0 Å². The summed E-state index contributed by atoms with van der Waals surface area (Å²) >= 11 is 0. The molecule has 15 heavy (non-hydrogen) atoms. The number of fused-ring (bicyclic) bond motifs is 1. The van der Waals surface area contributed by atoms with Crippen molar-refractivity contribution in [3.63, 3.8) is 0 Å². The molecule has 0 bridgehead atoms. The molecule has 2 heteroatoms. The fourth-order valence-electron chi connectivity index (χ4n) is 2.29. The Kier molecular flexibility index (Phi) is 3.08. The molecule has 2 nitrogen and oxygen atoms in total. The summed E-state index contributed by atoms with van der Waals surface area (Å²) in [5.74, 6) is 0.672. The van der Waals surface area contributed by atoms with Crippen LogP contribution in [-0.4, -0.2) is 11.7 Å². The van der Waals surface area contributed by atoms with Crippen molar-refractivity contribution in [3.05, 3.63) is 35.4 Å². The maximum absolute atomic E-state index is 9.85. The van der Waals surface area contributed by atoms with Gasteiger partial charge in [0.15, 0.2) is 0 Å². The average molecular weight is 205 g/mol. The number of aliphatic hydroxyl groups excluding tert-OH is 1. The van der Waals surface area contributed by atoms with Crippen molar-refractivity contribution in [2.75, 3.05) is 6.54 Å². The van der Waals surface area contributed by atoms with E-state index >= 15 is 0 Å². The highest BCUT2D eigenvalue weighted by Gasteiger charge is 2.24. The third-order valence-electron chi connectivity index (χ3n) is 3.00. The van der Waals surface area contributed by atoms with Gasteiger partial charge in [0.1, 0.15) is 0 Å². The zero-order chi connectivity index (χ0) is 10.8. The second-order valence-electron chi connectivity index (χ2n) is 4.74. The summed E-state index contributed by atoms with van der Waals surface area (Å²) in [6, 6.07) is 8.61. The van der Waals surface area contributed by atoms with Crippen LogP contribution >= 0.6 is 0 Å². The van der Waals surface area contributed by atoms with Gasteiger partial charge in [-0.15, -0.1) is 0 Å². The Hall–Kier alpha value is -0.860.